The number of hydrogen-bond donors (Lipinski definition) is 2. The first kappa shape index (κ1) is 24.0. The maximum Gasteiger partial charge on any atom is 0.435 e. The lowest BCUT2D eigenvalue weighted by atomic mass is 9.84. The van der Waals surface area contributed by atoms with Gasteiger partial charge in [0.25, 0.3) is 0 Å². The zero-order valence-electron chi connectivity index (χ0n) is 19.9. The molecule has 11 heteroatoms. The molecule has 0 amide bonds. The first-order valence-corrected chi connectivity index (χ1v) is 11.7. The summed E-state index contributed by atoms with van der Waals surface area (Å²) in [5.41, 5.74) is 1.58. The zero-order valence-corrected chi connectivity index (χ0v) is 19.9. The highest BCUT2D eigenvalue weighted by molar-refractivity contribution is 5.81. The van der Waals surface area contributed by atoms with Crippen LogP contribution in [-0.2, 0) is 18.0 Å². The molecule has 3 aromatic rings. The number of aryl methyl sites for hydroxylation is 2. The molecule has 0 spiro atoms. The number of aromatic nitrogens is 4. The van der Waals surface area contributed by atoms with Crippen molar-refractivity contribution in [3.8, 4) is 0 Å². The third-order valence-electron chi connectivity index (χ3n) is 7.47. The van der Waals surface area contributed by atoms with Crippen LogP contribution in [0.4, 0.5) is 24.8 Å². The van der Waals surface area contributed by atoms with Gasteiger partial charge < -0.3 is 15.2 Å². The van der Waals surface area contributed by atoms with Gasteiger partial charge in [-0.3, -0.25) is 9.58 Å². The van der Waals surface area contributed by atoms with Gasteiger partial charge in [-0.25, -0.2) is 9.97 Å². The number of ether oxygens (including phenoxy) is 1. The van der Waals surface area contributed by atoms with Crippen molar-refractivity contribution in [2.24, 2.45) is 7.05 Å². The number of aliphatic hydroxyl groups excluding tert-OH is 1. The second-order valence-corrected chi connectivity index (χ2v) is 9.76. The molecule has 2 atom stereocenters. The van der Waals surface area contributed by atoms with Crippen LogP contribution in [0.15, 0.2) is 24.5 Å². The van der Waals surface area contributed by atoms with Gasteiger partial charge in [0.1, 0.15) is 0 Å². The van der Waals surface area contributed by atoms with Crippen molar-refractivity contribution in [2.75, 3.05) is 31.6 Å². The highest BCUT2D eigenvalue weighted by Gasteiger charge is 2.45. The van der Waals surface area contributed by atoms with Crippen LogP contribution in [0.5, 0.6) is 0 Å². The maximum absolute atomic E-state index is 13.4. The molecule has 0 saturated carbocycles. The number of nitrogens with zero attached hydrogens (tertiary/aromatic N) is 5. The van der Waals surface area contributed by atoms with Crippen molar-refractivity contribution in [2.45, 2.75) is 50.4 Å². The standard InChI is InChI=1S/C24H29F3N6O2/c1-14-8-16-10-28-22(31-19-11-29-32(3)21(19)24(25,26)27)30-18(16)9-17(14)15-4-6-33(7-5-15)23(2)13-35-12-20(23)34/h8-11,15,20,34H,4-7,12-13H2,1-3H3,(H,28,30,31). The van der Waals surface area contributed by atoms with Gasteiger partial charge in [-0.1, -0.05) is 0 Å². The van der Waals surface area contributed by atoms with Crippen LogP contribution < -0.4 is 5.32 Å². The molecule has 5 rings (SSSR count). The Bertz CT molecular complexity index is 1240. The molecule has 2 aliphatic rings. The molecule has 0 radical (unpaired) electrons. The molecule has 2 saturated heterocycles. The fraction of sp³-hybridized carbons (Fsp3) is 0.542. The Kier molecular flexibility index (Phi) is 5.97. The van der Waals surface area contributed by atoms with Crippen molar-refractivity contribution >= 4 is 22.5 Å². The molecule has 2 aliphatic heterocycles. The van der Waals surface area contributed by atoms with E-state index in [1.54, 1.807) is 6.20 Å². The summed E-state index contributed by atoms with van der Waals surface area (Å²) in [7, 11) is 1.25. The van der Waals surface area contributed by atoms with Crippen molar-refractivity contribution in [3.05, 3.63) is 41.3 Å². The minimum Gasteiger partial charge on any atom is -0.389 e. The second-order valence-electron chi connectivity index (χ2n) is 9.76. The topological polar surface area (TPSA) is 88.3 Å². The number of piperidine rings is 1. The summed E-state index contributed by atoms with van der Waals surface area (Å²) < 4.78 is 46.5. The molecule has 8 nitrogen and oxygen atoms in total. The van der Waals surface area contributed by atoms with Crippen LogP contribution in [0.1, 0.15) is 42.5 Å². The smallest absolute Gasteiger partial charge is 0.389 e. The van der Waals surface area contributed by atoms with Gasteiger partial charge >= 0.3 is 6.18 Å². The Balaban J connectivity index is 1.37. The Morgan fingerprint density at radius 3 is 2.60 bits per heavy atom. The lowest BCUT2D eigenvalue weighted by Crippen LogP contribution is -2.56. The Morgan fingerprint density at radius 2 is 1.94 bits per heavy atom. The molecule has 2 N–H and O–H groups in total. The summed E-state index contributed by atoms with van der Waals surface area (Å²) in [5.74, 6) is 0.420. The number of aliphatic hydroxyl groups is 1. The number of alkyl halides is 3. The van der Waals surface area contributed by atoms with Crippen LogP contribution >= 0.6 is 0 Å². The number of benzene rings is 1. The summed E-state index contributed by atoms with van der Waals surface area (Å²) in [6.07, 6.45) is -0.415. The van der Waals surface area contributed by atoms with Crippen molar-refractivity contribution in [3.63, 3.8) is 0 Å². The highest BCUT2D eigenvalue weighted by Crippen LogP contribution is 2.38. The number of rotatable bonds is 4. The van der Waals surface area contributed by atoms with E-state index in [0.717, 1.165) is 47.8 Å². The number of likely N-dealkylation sites (tertiary alicyclic amines) is 1. The molecule has 4 heterocycles. The molecule has 2 aromatic heterocycles. The van der Waals surface area contributed by atoms with E-state index < -0.39 is 18.0 Å². The van der Waals surface area contributed by atoms with E-state index in [-0.39, 0.29) is 17.2 Å². The predicted molar refractivity (Wildman–Crippen MR) is 125 cm³/mol. The molecular formula is C24H29F3N6O2. The minimum atomic E-state index is -4.55. The number of nitrogens with one attached hydrogen (secondary N) is 1. The van der Waals surface area contributed by atoms with E-state index >= 15 is 0 Å². The van der Waals surface area contributed by atoms with Crippen molar-refractivity contribution < 1.29 is 23.0 Å². The van der Waals surface area contributed by atoms with Crippen molar-refractivity contribution in [1.29, 1.82) is 0 Å². The lowest BCUT2D eigenvalue weighted by Gasteiger charge is -2.43. The molecular weight excluding hydrogens is 461 g/mol. The first-order chi connectivity index (χ1) is 16.6. The quantitative estimate of drug-likeness (QED) is 0.576. The summed E-state index contributed by atoms with van der Waals surface area (Å²) in [6.45, 7) is 6.75. The third kappa shape index (κ3) is 4.36. The highest BCUT2D eigenvalue weighted by atomic mass is 19.4. The molecule has 2 fully saturated rings. The van der Waals surface area contributed by atoms with E-state index in [2.05, 4.69) is 39.1 Å². The normalized spacial score (nSPS) is 24.4. The Morgan fingerprint density at radius 1 is 1.20 bits per heavy atom. The van der Waals surface area contributed by atoms with Crippen LogP contribution in [0, 0.1) is 6.92 Å². The summed E-state index contributed by atoms with van der Waals surface area (Å²) in [5, 5.41) is 17.6. The number of fused-ring (bicyclic) bond motifs is 1. The molecule has 35 heavy (non-hydrogen) atoms. The Labute approximate surface area is 201 Å². The maximum atomic E-state index is 13.4. The van der Waals surface area contributed by atoms with E-state index in [1.807, 2.05) is 12.1 Å². The SMILES string of the molecule is Cc1cc2cnc(Nc3cnn(C)c3C(F)(F)F)nc2cc1C1CCN(C2(C)COCC2O)CC1. The summed E-state index contributed by atoms with van der Waals surface area (Å²) >= 11 is 0. The van der Waals surface area contributed by atoms with E-state index in [4.69, 9.17) is 4.74 Å². The summed E-state index contributed by atoms with van der Waals surface area (Å²) in [4.78, 5) is 11.1. The van der Waals surface area contributed by atoms with Gasteiger partial charge in [0.2, 0.25) is 5.95 Å². The predicted octanol–water partition coefficient (Wildman–Crippen LogP) is 3.76. The average Bonchev–Trinajstić information content (AvgIpc) is 3.35. The third-order valence-corrected chi connectivity index (χ3v) is 7.47. The average molecular weight is 491 g/mol. The monoisotopic (exact) mass is 490 g/mol. The fourth-order valence-corrected chi connectivity index (χ4v) is 5.35. The van der Waals surface area contributed by atoms with E-state index in [1.165, 1.54) is 12.6 Å². The summed E-state index contributed by atoms with van der Waals surface area (Å²) in [6, 6.07) is 4.06. The first-order valence-electron chi connectivity index (χ1n) is 11.7. The molecule has 0 aliphatic carbocycles. The van der Waals surface area contributed by atoms with E-state index in [9.17, 15) is 18.3 Å². The minimum absolute atomic E-state index is 0.0868. The molecule has 2 unspecified atom stereocenters. The zero-order chi connectivity index (χ0) is 25.0. The van der Waals surface area contributed by atoms with Crippen LogP contribution in [0.3, 0.4) is 0 Å². The Hall–Kier alpha value is -2.76. The van der Waals surface area contributed by atoms with Gasteiger partial charge in [0.05, 0.1) is 42.3 Å². The number of anilines is 2. The second kappa shape index (κ2) is 8.72. The fourth-order valence-electron chi connectivity index (χ4n) is 5.35. The lowest BCUT2D eigenvalue weighted by molar-refractivity contribution is -0.143. The molecule has 188 valence electrons. The largest absolute Gasteiger partial charge is 0.435 e. The molecule has 1 aromatic carbocycles. The van der Waals surface area contributed by atoms with Crippen LogP contribution in [0.25, 0.3) is 10.9 Å². The van der Waals surface area contributed by atoms with Gasteiger partial charge in [0.15, 0.2) is 5.69 Å². The van der Waals surface area contributed by atoms with Crippen LogP contribution in [0.2, 0.25) is 0 Å². The van der Waals surface area contributed by atoms with Gasteiger partial charge in [-0.15, -0.1) is 0 Å². The van der Waals surface area contributed by atoms with Crippen molar-refractivity contribution in [1.82, 2.24) is 24.6 Å². The van der Waals surface area contributed by atoms with Gasteiger partial charge in [0, 0.05) is 18.6 Å². The van der Waals surface area contributed by atoms with Crippen LogP contribution in [-0.4, -0.2) is 67.7 Å². The number of hydrogen-bond acceptors (Lipinski definition) is 7. The van der Waals surface area contributed by atoms with E-state index in [0.29, 0.717) is 24.6 Å². The van der Waals surface area contributed by atoms with Gasteiger partial charge in [-0.05, 0) is 69.0 Å². The van der Waals surface area contributed by atoms with Gasteiger partial charge in [-0.2, -0.15) is 18.3 Å². The molecule has 0 bridgehead atoms. The number of halogens is 3.